The van der Waals surface area contributed by atoms with Crippen LogP contribution in [-0.2, 0) is 22.7 Å². The SMILES string of the molecule is Cc1nc(C=O)cnc1OCc1cccc(-c2cccc(-c3nc4cc(CN5CCC(C(=O)OC(C)(C)C)C5)cc(Cl)c4o3)c2C)c1Cl. The van der Waals surface area contributed by atoms with Gasteiger partial charge in [0, 0.05) is 29.8 Å². The molecule has 1 fully saturated rings. The lowest BCUT2D eigenvalue weighted by atomic mass is 9.95. The summed E-state index contributed by atoms with van der Waals surface area (Å²) in [5.74, 6) is 0.506. The standard InChI is InChI=1S/C37H36Cl2N4O5/c1-21-27(29-11-6-8-25(32(29)39)20-46-34-22(2)41-26(19-44)16-40-34)9-7-10-28(21)35-42-31-15-23(14-30(38)33(31)47-35)17-43-13-12-24(18-43)36(45)48-37(3,4)5/h6-11,14-16,19,24H,12-13,17-18,20H2,1-5H3. The second-order valence-electron chi connectivity index (χ2n) is 13.0. The number of oxazole rings is 1. The van der Waals surface area contributed by atoms with Gasteiger partial charge in [0.15, 0.2) is 11.9 Å². The van der Waals surface area contributed by atoms with E-state index in [1.807, 2.05) is 76.2 Å². The van der Waals surface area contributed by atoms with Crippen LogP contribution in [-0.4, -0.2) is 50.8 Å². The highest BCUT2D eigenvalue weighted by Crippen LogP contribution is 2.39. The van der Waals surface area contributed by atoms with Crippen molar-refractivity contribution in [3.63, 3.8) is 0 Å². The zero-order valence-electron chi connectivity index (χ0n) is 27.5. The molecule has 0 radical (unpaired) electrons. The van der Waals surface area contributed by atoms with Gasteiger partial charge in [-0.1, -0.05) is 53.5 Å². The molecule has 0 spiro atoms. The number of rotatable bonds is 9. The van der Waals surface area contributed by atoms with Gasteiger partial charge in [0.1, 0.15) is 29.1 Å². The molecule has 1 unspecified atom stereocenters. The van der Waals surface area contributed by atoms with Crippen molar-refractivity contribution in [1.29, 1.82) is 0 Å². The number of fused-ring (bicyclic) bond motifs is 1. The summed E-state index contributed by atoms with van der Waals surface area (Å²) in [5, 5.41) is 1.03. The van der Waals surface area contributed by atoms with Crippen molar-refractivity contribution < 1.29 is 23.5 Å². The highest BCUT2D eigenvalue weighted by Gasteiger charge is 2.32. The zero-order valence-corrected chi connectivity index (χ0v) is 29.0. The van der Waals surface area contributed by atoms with Gasteiger partial charge in [-0.05, 0) is 82.5 Å². The molecule has 0 aliphatic carbocycles. The molecule has 0 saturated carbocycles. The molecule has 0 bridgehead atoms. The molecule has 3 heterocycles. The van der Waals surface area contributed by atoms with Crippen LogP contribution in [0.15, 0.2) is 59.1 Å². The third-order valence-electron chi connectivity index (χ3n) is 8.26. The van der Waals surface area contributed by atoms with E-state index in [0.717, 1.165) is 46.3 Å². The Balaban J connectivity index is 1.22. The number of aromatic nitrogens is 3. The summed E-state index contributed by atoms with van der Waals surface area (Å²) in [7, 11) is 0. The minimum absolute atomic E-state index is 0.140. The third kappa shape index (κ3) is 7.23. The summed E-state index contributed by atoms with van der Waals surface area (Å²) in [6.07, 6.45) is 2.78. The molecule has 2 aromatic heterocycles. The Kier molecular flexibility index (Phi) is 9.56. The minimum atomic E-state index is -0.501. The van der Waals surface area contributed by atoms with Crippen LogP contribution < -0.4 is 4.74 Å². The number of aldehydes is 1. The van der Waals surface area contributed by atoms with Gasteiger partial charge in [-0.3, -0.25) is 14.5 Å². The molecule has 1 saturated heterocycles. The summed E-state index contributed by atoms with van der Waals surface area (Å²) in [4.78, 5) is 39.1. The fraction of sp³-hybridized carbons (Fsp3) is 0.324. The van der Waals surface area contributed by atoms with E-state index in [2.05, 4.69) is 14.9 Å². The first kappa shape index (κ1) is 33.6. The predicted octanol–water partition coefficient (Wildman–Crippen LogP) is 8.43. The molecule has 6 rings (SSSR count). The number of nitrogens with zero attached hydrogens (tertiary/aromatic N) is 4. The largest absolute Gasteiger partial charge is 0.471 e. The molecule has 0 amide bonds. The number of halogens is 2. The van der Waals surface area contributed by atoms with Crippen LogP contribution >= 0.6 is 23.2 Å². The maximum atomic E-state index is 12.6. The summed E-state index contributed by atoms with van der Waals surface area (Å²) in [6, 6.07) is 15.6. The average molecular weight is 688 g/mol. The van der Waals surface area contributed by atoms with E-state index in [1.54, 1.807) is 6.92 Å². The topological polar surface area (TPSA) is 108 Å². The van der Waals surface area contributed by atoms with Gasteiger partial charge in [0.2, 0.25) is 11.8 Å². The molecule has 5 aromatic rings. The van der Waals surface area contributed by atoms with Crippen LogP contribution in [0.1, 0.15) is 60.1 Å². The van der Waals surface area contributed by atoms with E-state index in [1.165, 1.54) is 6.20 Å². The molecule has 3 aromatic carbocycles. The predicted molar refractivity (Wildman–Crippen MR) is 185 cm³/mol. The molecule has 48 heavy (non-hydrogen) atoms. The number of aryl methyl sites for hydroxylation is 1. The van der Waals surface area contributed by atoms with Gasteiger partial charge < -0.3 is 13.9 Å². The van der Waals surface area contributed by atoms with E-state index in [0.29, 0.717) is 58.0 Å². The number of likely N-dealkylation sites (tertiary alicyclic amines) is 1. The van der Waals surface area contributed by atoms with Crippen LogP contribution in [0, 0.1) is 19.8 Å². The first-order valence-corrected chi connectivity index (χ1v) is 16.5. The highest BCUT2D eigenvalue weighted by atomic mass is 35.5. The van der Waals surface area contributed by atoms with Crippen LogP contribution in [0.2, 0.25) is 10.0 Å². The molecule has 9 nitrogen and oxygen atoms in total. The van der Waals surface area contributed by atoms with Crippen molar-refractivity contribution in [3.8, 4) is 28.5 Å². The number of benzene rings is 3. The maximum Gasteiger partial charge on any atom is 0.310 e. The quantitative estimate of drug-likeness (QED) is 0.111. The fourth-order valence-corrected chi connectivity index (χ4v) is 6.51. The van der Waals surface area contributed by atoms with Gasteiger partial charge in [-0.2, -0.15) is 0 Å². The van der Waals surface area contributed by atoms with E-state index in [4.69, 9.17) is 42.1 Å². The lowest BCUT2D eigenvalue weighted by Gasteiger charge is -2.22. The van der Waals surface area contributed by atoms with Gasteiger partial charge in [0.05, 0.1) is 22.2 Å². The molecule has 1 aliphatic heterocycles. The van der Waals surface area contributed by atoms with E-state index >= 15 is 0 Å². The molecule has 0 N–H and O–H groups in total. The van der Waals surface area contributed by atoms with Crippen LogP contribution in [0.4, 0.5) is 0 Å². The summed E-state index contributed by atoms with van der Waals surface area (Å²) < 4.78 is 17.8. The molecule has 1 aliphatic rings. The third-order valence-corrected chi connectivity index (χ3v) is 8.99. The Labute approximate surface area is 289 Å². The van der Waals surface area contributed by atoms with Crippen molar-refractivity contribution in [2.45, 2.75) is 59.8 Å². The maximum absolute atomic E-state index is 12.6. The second kappa shape index (κ2) is 13.7. The van der Waals surface area contributed by atoms with Crippen molar-refractivity contribution in [1.82, 2.24) is 19.9 Å². The number of hydrogen-bond donors (Lipinski definition) is 0. The van der Waals surface area contributed by atoms with Crippen molar-refractivity contribution in [3.05, 3.63) is 92.9 Å². The van der Waals surface area contributed by atoms with Gasteiger partial charge >= 0.3 is 5.97 Å². The first-order chi connectivity index (χ1) is 22.9. The number of carbonyl (C=O) groups excluding carboxylic acids is 2. The van der Waals surface area contributed by atoms with Crippen LogP contribution in [0.5, 0.6) is 5.88 Å². The lowest BCUT2D eigenvalue weighted by Crippen LogP contribution is -2.30. The van der Waals surface area contributed by atoms with Crippen molar-refractivity contribution in [2.75, 3.05) is 13.1 Å². The number of ether oxygens (including phenoxy) is 2. The number of carbonyl (C=O) groups is 2. The molecule has 1 atom stereocenters. The Bertz CT molecular complexity index is 2020. The monoisotopic (exact) mass is 686 g/mol. The van der Waals surface area contributed by atoms with Gasteiger partial charge in [0.25, 0.3) is 0 Å². The second-order valence-corrected chi connectivity index (χ2v) is 13.8. The van der Waals surface area contributed by atoms with Crippen molar-refractivity contribution >= 4 is 46.6 Å². The van der Waals surface area contributed by atoms with E-state index < -0.39 is 5.60 Å². The minimum Gasteiger partial charge on any atom is -0.471 e. The zero-order chi connectivity index (χ0) is 34.2. The van der Waals surface area contributed by atoms with E-state index in [9.17, 15) is 9.59 Å². The molecular weight excluding hydrogens is 651 g/mol. The molecule has 11 heteroatoms. The average Bonchev–Trinajstić information content (AvgIpc) is 3.68. The Morgan fingerprint density at radius 2 is 1.81 bits per heavy atom. The molecule has 248 valence electrons. The van der Waals surface area contributed by atoms with Gasteiger partial charge in [-0.15, -0.1) is 0 Å². The smallest absolute Gasteiger partial charge is 0.310 e. The number of hydrogen-bond acceptors (Lipinski definition) is 9. The Morgan fingerprint density at radius 1 is 1.06 bits per heavy atom. The lowest BCUT2D eigenvalue weighted by molar-refractivity contribution is -0.159. The normalized spacial score (nSPS) is 15.2. The summed E-state index contributed by atoms with van der Waals surface area (Å²) in [6.45, 7) is 11.7. The van der Waals surface area contributed by atoms with E-state index in [-0.39, 0.29) is 24.2 Å². The van der Waals surface area contributed by atoms with Crippen LogP contribution in [0.25, 0.3) is 33.7 Å². The number of esters is 1. The summed E-state index contributed by atoms with van der Waals surface area (Å²) >= 11 is 13.7. The summed E-state index contributed by atoms with van der Waals surface area (Å²) in [5.41, 5.74) is 6.73. The Morgan fingerprint density at radius 3 is 2.56 bits per heavy atom. The Hall–Kier alpha value is -4.31. The van der Waals surface area contributed by atoms with Crippen LogP contribution in [0.3, 0.4) is 0 Å². The van der Waals surface area contributed by atoms with Gasteiger partial charge in [-0.25, -0.2) is 15.0 Å². The van der Waals surface area contributed by atoms with Crippen molar-refractivity contribution in [2.24, 2.45) is 5.92 Å². The first-order valence-electron chi connectivity index (χ1n) is 15.7. The fourth-order valence-electron chi connectivity index (χ4n) is 5.96. The highest BCUT2D eigenvalue weighted by molar-refractivity contribution is 6.35. The molecular formula is C37H36Cl2N4O5.